The lowest BCUT2D eigenvalue weighted by atomic mass is 9.42. The summed E-state index contributed by atoms with van der Waals surface area (Å²) in [7, 11) is 1.37. The lowest BCUT2D eigenvalue weighted by Crippen LogP contribution is -2.80. The molecule has 0 aromatic heterocycles. The summed E-state index contributed by atoms with van der Waals surface area (Å²) >= 11 is 0. The van der Waals surface area contributed by atoms with Crippen molar-refractivity contribution >= 4 is 17.9 Å². The van der Waals surface area contributed by atoms with E-state index in [0.29, 0.717) is 19.4 Å². The lowest BCUT2D eigenvalue weighted by Gasteiger charge is -2.63. The molecule has 1 aliphatic carbocycles. The van der Waals surface area contributed by atoms with Crippen molar-refractivity contribution in [2.45, 2.75) is 36.9 Å². The normalized spacial score (nSPS) is 42.2. The first kappa shape index (κ1) is 17.0. The Balaban J connectivity index is 1.91. The van der Waals surface area contributed by atoms with Crippen LogP contribution in [0.3, 0.4) is 0 Å². The Labute approximate surface area is 158 Å². The van der Waals surface area contributed by atoms with Crippen LogP contribution in [0.4, 0.5) is 5.69 Å². The van der Waals surface area contributed by atoms with E-state index in [9.17, 15) is 15.0 Å². The Morgan fingerprint density at radius 2 is 2.22 bits per heavy atom. The zero-order valence-electron chi connectivity index (χ0n) is 15.6. The number of carbonyl (C=O) groups excluding carboxylic acids is 1. The van der Waals surface area contributed by atoms with Gasteiger partial charge in [0.1, 0.15) is 11.6 Å². The van der Waals surface area contributed by atoms with Gasteiger partial charge in [-0.15, -0.1) is 0 Å². The monoisotopic (exact) mass is 369 g/mol. The minimum Gasteiger partial charge on any atom is -0.468 e. The molecule has 1 saturated heterocycles. The highest BCUT2D eigenvalue weighted by Crippen LogP contribution is 2.69. The molecule has 3 N–H and O–H groups in total. The topological polar surface area (TPSA) is 81.8 Å². The van der Waals surface area contributed by atoms with Gasteiger partial charge in [-0.3, -0.25) is 4.79 Å². The third-order valence-corrected chi connectivity index (χ3v) is 7.68. The minimum atomic E-state index is -1.35. The molecule has 6 nitrogen and oxygen atoms in total. The number of benzene rings is 1. The van der Waals surface area contributed by atoms with E-state index in [1.54, 1.807) is 0 Å². The molecule has 2 fully saturated rings. The van der Waals surface area contributed by atoms with Gasteiger partial charge >= 0.3 is 5.97 Å². The Kier molecular flexibility index (Phi) is 3.27. The average Bonchev–Trinajstić information content (AvgIpc) is 2.97. The van der Waals surface area contributed by atoms with Crippen LogP contribution in [0.5, 0.6) is 0 Å². The van der Waals surface area contributed by atoms with Crippen molar-refractivity contribution in [2.75, 3.05) is 25.6 Å². The molecule has 3 bridgehead atoms. The summed E-state index contributed by atoms with van der Waals surface area (Å²) in [5.74, 6) is -0.628. The Bertz CT molecular complexity index is 909. The summed E-state index contributed by atoms with van der Waals surface area (Å²) in [5.41, 5.74) is -0.763. The standard InChI is InChI=1S/C21H25N2O4/c1-3-13-11-23-9-8-20-14-6-4-5-7-16(14)22-21(20,26)17(23)10-15(13)19(20,12-24)18(25)27-2/h3-7,9,15,17,22,24,26H,8,10-12H2,1-2H3/q+1/b13-3-/t15-,17-,19-,20-,21+/m0/s1. The summed E-state index contributed by atoms with van der Waals surface area (Å²) in [6.07, 6.45) is 5.21. The maximum Gasteiger partial charge on any atom is 0.315 e. The zero-order chi connectivity index (χ0) is 19.0. The fraction of sp³-hybridized carbons (Fsp3) is 0.524. The molecule has 1 saturated carbocycles. The van der Waals surface area contributed by atoms with Crippen molar-refractivity contribution in [2.24, 2.45) is 11.3 Å². The van der Waals surface area contributed by atoms with Gasteiger partial charge in [-0.1, -0.05) is 24.3 Å². The van der Waals surface area contributed by atoms with E-state index in [0.717, 1.165) is 16.8 Å². The molecule has 0 amide bonds. The number of nitrogens with zero attached hydrogens (tertiary/aromatic N) is 1. The molecule has 1 aromatic rings. The van der Waals surface area contributed by atoms with Gasteiger partial charge in [0.2, 0.25) is 11.8 Å². The van der Waals surface area contributed by atoms with Crippen LogP contribution in [0, 0.1) is 11.3 Å². The number of aliphatic hydroxyl groups is 2. The van der Waals surface area contributed by atoms with Gasteiger partial charge in [0.05, 0.1) is 19.1 Å². The van der Waals surface area contributed by atoms with Gasteiger partial charge in [-0.2, -0.15) is 0 Å². The minimum absolute atomic E-state index is 0.170. The first-order valence-electron chi connectivity index (χ1n) is 9.53. The van der Waals surface area contributed by atoms with Crippen LogP contribution in [-0.4, -0.2) is 59.0 Å². The van der Waals surface area contributed by atoms with Crippen molar-refractivity contribution in [3.05, 3.63) is 41.5 Å². The molecule has 4 aliphatic rings. The number of carbonyl (C=O) groups is 1. The van der Waals surface area contributed by atoms with E-state index in [2.05, 4.69) is 16.1 Å². The second-order valence-electron chi connectivity index (χ2n) is 8.19. The molecule has 27 heavy (non-hydrogen) atoms. The molecule has 0 spiro atoms. The second-order valence-corrected chi connectivity index (χ2v) is 8.19. The third kappa shape index (κ3) is 1.58. The number of piperidine rings is 1. The molecule has 5 atom stereocenters. The predicted molar refractivity (Wildman–Crippen MR) is 99.7 cm³/mol. The van der Waals surface area contributed by atoms with Crippen molar-refractivity contribution < 1.29 is 24.3 Å². The molecule has 0 radical (unpaired) electrons. The second kappa shape index (κ2) is 5.20. The third-order valence-electron chi connectivity index (χ3n) is 7.68. The Morgan fingerprint density at radius 1 is 1.44 bits per heavy atom. The zero-order valence-corrected chi connectivity index (χ0v) is 15.6. The van der Waals surface area contributed by atoms with Gasteiger partial charge in [-0.05, 0) is 24.1 Å². The molecule has 1 aromatic carbocycles. The summed E-state index contributed by atoms with van der Waals surface area (Å²) in [5, 5.41) is 26.2. The van der Waals surface area contributed by atoms with Crippen LogP contribution in [0.25, 0.3) is 0 Å². The van der Waals surface area contributed by atoms with Crippen LogP contribution in [0.15, 0.2) is 35.9 Å². The van der Waals surface area contributed by atoms with Crippen molar-refractivity contribution in [1.29, 1.82) is 0 Å². The fourth-order valence-corrected chi connectivity index (χ4v) is 6.59. The van der Waals surface area contributed by atoms with E-state index in [1.165, 1.54) is 7.11 Å². The molecule has 142 valence electrons. The number of allylic oxidation sites excluding steroid dienone is 1. The van der Waals surface area contributed by atoms with Gasteiger partial charge in [-0.25, -0.2) is 4.58 Å². The quantitative estimate of drug-likeness (QED) is 0.412. The lowest BCUT2D eigenvalue weighted by molar-refractivity contribution is -0.604. The predicted octanol–water partition coefficient (Wildman–Crippen LogP) is 1.03. The number of nitrogens with one attached hydrogen (secondary N) is 1. The number of esters is 1. The fourth-order valence-electron chi connectivity index (χ4n) is 6.59. The number of hydrogen-bond donors (Lipinski definition) is 3. The molecule has 3 aliphatic heterocycles. The summed E-state index contributed by atoms with van der Waals surface area (Å²) in [4.78, 5) is 13.4. The summed E-state index contributed by atoms with van der Waals surface area (Å²) < 4.78 is 7.48. The van der Waals surface area contributed by atoms with E-state index < -0.39 is 22.5 Å². The highest BCUT2D eigenvalue weighted by Gasteiger charge is 2.82. The van der Waals surface area contributed by atoms with E-state index >= 15 is 0 Å². The van der Waals surface area contributed by atoms with Crippen molar-refractivity contribution in [3.8, 4) is 0 Å². The molecule has 6 heteroatoms. The number of methoxy groups -OCH3 is 1. The first-order valence-corrected chi connectivity index (χ1v) is 9.53. The molecule has 0 unspecified atom stereocenters. The number of rotatable bonds is 2. The van der Waals surface area contributed by atoms with E-state index in [-0.39, 0.29) is 18.6 Å². The van der Waals surface area contributed by atoms with Crippen molar-refractivity contribution in [3.63, 3.8) is 0 Å². The van der Waals surface area contributed by atoms with E-state index in [1.807, 2.05) is 37.3 Å². The molecular weight excluding hydrogens is 344 g/mol. The van der Waals surface area contributed by atoms with Crippen LogP contribution >= 0.6 is 0 Å². The molecular formula is C21H25N2O4+. The van der Waals surface area contributed by atoms with Crippen LogP contribution in [-0.2, 0) is 14.9 Å². The van der Waals surface area contributed by atoms with E-state index in [4.69, 9.17) is 4.74 Å². The van der Waals surface area contributed by atoms with Gasteiger partial charge in [0, 0.05) is 24.4 Å². The number of aliphatic hydroxyl groups excluding tert-OH is 1. The first-order chi connectivity index (χ1) is 13.0. The van der Waals surface area contributed by atoms with Crippen LogP contribution < -0.4 is 5.32 Å². The van der Waals surface area contributed by atoms with Crippen molar-refractivity contribution in [1.82, 2.24) is 0 Å². The number of ether oxygens (including phenoxy) is 1. The SMILES string of the molecule is C/C=C1/C[N+]2=CC[C@@]34c5ccccc5N[C@@]3(O)[C@@H]2C[C@@H]1[C@@]4(CO)C(=O)OC. The Hall–Kier alpha value is -2.18. The molecule has 5 rings (SSSR count). The summed E-state index contributed by atoms with van der Waals surface area (Å²) in [6, 6.07) is 7.57. The number of anilines is 1. The Morgan fingerprint density at radius 3 is 2.93 bits per heavy atom. The number of hydrogen-bond acceptors (Lipinski definition) is 5. The summed E-state index contributed by atoms with van der Waals surface area (Å²) in [6.45, 7) is 2.25. The van der Waals surface area contributed by atoms with Gasteiger partial charge in [0.25, 0.3) is 0 Å². The number of para-hydroxylation sites is 1. The smallest absolute Gasteiger partial charge is 0.315 e. The van der Waals surface area contributed by atoms with Crippen LogP contribution in [0.1, 0.15) is 25.3 Å². The highest BCUT2D eigenvalue weighted by atomic mass is 16.5. The number of fused-ring (bicyclic) bond motifs is 2. The van der Waals surface area contributed by atoms with Gasteiger partial charge in [0.15, 0.2) is 6.54 Å². The van der Waals surface area contributed by atoms with Crippen LogP contribution in [0.2, 0.25) is 0 Å². The highest BCUT2D eigenvalue weighted by molar-refractivity contribution is 5.86. The largest absolute Gasteiger partial charge is 0.468 e. The average molecular weight is 369 g/mol. The maximum absolute atomic E-state index is 13.4. The molecule has 3 heterocycles. The maximum atomic E-state index is 13.4. The van der Waals surface area contributed by atoms with Gasteiger partial charge < -0.3 is 20.3 Å².